The van der Waals surface area contributed by atoms with E-state index in [9.17, 15) is 5.11 Å². The third-order valence-electron chi connectivity index (χ3n) is 2.99. The molecule has 0 aromatic heterocycles. The second-order valence-electron chi connectivity index (χ2n) is 5.62. The second kappa shape index (κ2) is 18.9. The SMILES string of the molecule is CC1CCC(C(C)C)C(O)C1.O=S(=O)([O-])[O-].O=S(=O)([O-])[O-].O=S(=O)([O-])[O-].[Ce+3].[Ce+3]. The van der Waals surface area contributed by atoms with Crippen LogP contribution in [0.15, 0.2) is 0 Å². The Morgan fingerprint density at radius 3 is 1.18 bits per heavy atom. The molecule has 1 aliphatic carbocycles. The third-order valence-corrected chi connectivity index (χ3v) is 2.99. The van der Waals surface area contributed by atoms with Crippen LogP contribution in [0, 0.1) is 101 Å². The van der Waals surface area contributed by atoms with Crippen molar-refractivity contribution in [2.45, 2.75) is 46.1 Å². The molecule has 0 spiro atoms. The summed E-state index contributed by atoms with van der Waals surface area (Å²) in [5, 5.41) is 9.71. The monoisotopic (exact) mass is 724 g/mol. The van der Waals surface area contributed by atoms with Crippen molar-refractivity contribution in [2.75, 3.05) is 0 Å². The Morgan fingerprint density at radius 1 is 0.750 bits per heavy atom. The van der Waals surface area contributed by atoms with E-state index in [1.54, 1.807) is 0 Å². The molecular formula is C10H20Ce2O13S3. The zero-order valence-electron chi connectivity index (χ0n) is 15.0. The van der Waals surface area contributed by atoms with Gasteiger partial charge in [-0.15, -0.1) is 0 Å². The Balaban J connectivity index is -0.0000000896. The van der Waals surface area contributed by atoms with Crippen molar-refractivity contribution in [3.05, 3.63) is 0 Å². The molecule has 0 aliphatic heterocycles. The molecule has 2 radical (unpaired) electrons. The summed E-state index contributed by atoms with van der Waals surface area (Å²) in [4.78, 5) is 0. The standard InChI is InChI=1S/C10H20O.2Ce.3H2O4S/c1-7(2)9-5-4-8(3)6-10(9)11;;;3*1-5(2,3)4/h7-11H,4-6H2,1-3H3;;;3*(H2,1,2,3,4)/q;2*+3;;;/p-6. The van der Waals surface area contributed by atoms with Crippen LogP contribution in [0.1, 0.15) is 40.0 Å². The second-order valence-corrected chi connectivity index (χ2v) is 8.07. The number of hydrogen-bond donors (Lipinski definition) is 1. The predicted octanol–water partition coefficient (Wildman–Crippen LogP) is -1.57. The van der Waals surface area contributed by atoms with Gasteiger partial charge in [0.15, 0.2) is 0 Å². The van der Waals surface area contributed by atoms with Gasteiger partial charge in [0.05, 0.1) is 6.10 Å². The minimum absolute atomic E-state index is 0. The summed E-state index contributed by atoms with van der Waals surface area (Å²) in [6, 6.07) is 0. The molecule has 3 unspecified atom stereocenters. The molecule has 0 bridgehead atoms. The van der Waals surface area contributed by atoms with E-state index in [2.05, 4.69) is 20.8 Å². The van der Waals surface area contributed by atoms with Crippen LogP contribution in [0.4, 0.5) is 0 Å². The van der Waals surface area contributed by atoms with Crippen LogP contribution in [0.5, 0.6) is 0 Å². The Labute approximate surface area is 232 Å². The summed E-state index contributed by atoms with van der Waals surface area (Å²) in [7, 11) is -15.5. The van der Waals surface area contributed by atoms with Gasteiger partial charge in [0.25, 0.3) is 0 Å². The Hall–Kier alpha value is 2.32. The van der Waals surface area contributed by atoms with Crippen LogP contribution >= 0.6 is 0 Å². The minimum atomic E-state index is -5.17. The normalized spacial score (nSPS) is 21.8. The largest absolute Gasteiger partial charge is 3.00 e. The molecule has 28 heavy (non-hydrogen) atoms. The summed E-state index contributed by atoms with van der Waals surface area (Å²) in [5.74, 6) is 1.95. The number of aliphatic hydroxyl groups is 1. The summed E-state index contributed by atoms with van der Waals surface area (Å²) in [5.41, 5.74) is 0. The van der Waals surface area contributed by atoms with E-state index >= 15 is 0 Å². The first-order valence-corrected chi connectivity index (χ1v) is 10.8. The van der Waals surface area contributed by atoms with Gasteiger partial charge >= 0.3 is 83.5 Å². The van der Waals surface area contributed by atoms with E-state index < -0.39 is 31.2 Å². The molecule has 0 aromatic carbocycles. The predicted molar refractivity (Wildman–Crippen MR) is 78.8 cm³/mol. The van der Waals surface area contributed by atoms with Crippen molar-refractivity contribution in [1.29, 1.82) is 0 Å². The molecule has 1 aliphatic rings. The third kappa shape index (κ3) is 56.6. The van der Waals surface area contributed by atoms with Gasteiger partial charge in [-0.3, -0.25) is 25.3 Å². The fourth-order valence-corrected chi connectivity index (χ4v) is 2.15. The molecule has 0 aromatic rings. The zero-order chi connectivity index (χ0) is 21.9. The summed E-state index contributed by atoms with van der Waals surface area (Å²) in [6.45, 7) is 6.66. The van der Waals surface area contributed by atoms with E-state index in [-0.39, 0.29) is 89.6 Å². The number of aliphatic hydroxyl groups excluding tert-OH is 1. The van der Waals surface area contributed by atoms with Crippen LogP contribution in [-0.2, 0) is 31.2 Å². The molecule has 3 atom stereocenters. The molecular weight excluding hydrogens is 705 g/mol. The van der Waals surface area contributed by atoms with Crippen molar-refractivity contribution in [3.63, 3.8) is 0 Å². The Kier molecular flexibility index (Phi) is 27.4. The van der Waals surface area contributed by atoms with Gasteiger partial charge in [-0.1, -0.05) is 27.2 Å². The van der Waals surface area contributed by atoms with Crippen molar-refractivity contribution >= 4 is 31.2 Å². The van der Waals surface area contributed by atoms with E-state index in [0.29, 0.717) is 11.8 Å². The van der Waals surface area contributed by atoms with Crippen LogP contribution in [0.2, 0.25) is 0 Å². The molecule has 18 heteroatoms. The maximum absolute atomic E-state index is 9.71. The first kappa shape index (κ1) is 40.7. The maximum Gasteiger partial charge on any atom is 3.00 e. The average Bonchev–Trinajstić information content (AvgIpc) is 2.20. The maximum atomic E-state index is 9.71. The van der Waals surface area contributed by atoms with Gasteiger partial charge in [0.2, 0.25) is 0 Å². The van der Waals surface area contributed by atoms with Gasteiger partial charge in [-0.25, -0.2) is 0 Å². The van der Waals surface area contributed by atoms with Crippen molar-refractivity contribution in [3.8, 4) is 0 Å². The Bertz CT molecular complexity index is 580. The molecule has 0 amide bonds. The van der Waals surface area contributed by atoms with Gasteiger partial charge in [0.1, 0.15) is 0 Å². The van der Waals surface area contributed by atoms with E-state index in [1.165, 1.54) is 12.8 Å². The fourth-order valence-electron chi connectivity index (χ4n) is 2.15. The van der Waals surface area contributed by atoms with Crippen molar-refractivity contribution < 1.29 is 141 Å². The topological polar surface area (TPSA) is 261 Å². The van der Waals surface area contributed by atoms with E-state index in [0.717, 1.165) is 12.3 Å². The molecule has 0 heterocycles. The molecule has 1 N–H and O–H groups in total. The number of rotatable bonds is 1. The van der Waals surface area contributed by atoms with Gasteiger partial charge < -0.3 is 32.4 Å². The average molecular weight is 725 g/mol. The van der Waals surface area contributed by atoms with E-state index in [4.69, 9.17) is 52.6 Å². The van der Waals surface area contributed by atoms with Gasteiger partial charge in [0, 0.05) is 31.2 Å². The van der Waals surface area contributed by atoms with Crippen LogP contribution in [0.3, 0.4) is 0 Å². The van der Waals surface area contributed by atoms with E-state index in [1.807, 2.05) is 0 Å². The van der Waals surface area contributed by atoms with Crippen molar-refractivity contribution in [2.24, 2.45) is 17.8 Å². The smallest absolute Gasteiger partial charge is 0.759 e. The fraction of sp³-hybridized carbons (Fsp3) is 1.00. The first-order valence-electron chi connectivity index (χ1n) is 6.79. The van der Waals surface area contributed by atoms with Gasteiger partial charge in [-0.2, -0.15) is 0 Å². The van der Waals surface area contributed by atoms with Crippen LogP contribution in [0.25, 0.3) is 0 Å². The van der Waals surface area contributed by atoms with Crippen LogP contribution < -0.4 is 0 Å². The minimum Gasteiger partial charge on any atom is -0.759 e. The molecule has 13 nitrogen and oxygen atoms in total. The summed E-state index contributed by atoms with van der Waals surface area (Å²) in [6.07, 6.45) is 3.52. The first-order chi connectivity index (χ1) is 11.1. The van der Waals surface area contributed by atoms with Crippen molar-refractivity contribution in [1.82, 2.24) is 0 Å². The molecule has 164 valence electrons. The molecule has 0 saturated heterocycles. The number of hydrogen-bond acceptors (Lipinski definition) is 13. The van der Waals surface area contributed by atoms with Gasteiger partial charge in [-0.05, 0) is 30.6 Å². The molecule has 1 fully saturated rings. The summed E-state index contributed by atoms with van der Waals surface area (Å²) >= 11 is 0. The zero-order valence-corrected chi connectivity index (χ0v) is 23.7. The quantitative estimate of drug-likeness (QED) is 0.237. The Morgan fingerprint density at radius 2 is 1.00 bits per heavy atom. The summed E-state index contributed by atoms with van der Waals surface area (Å²) < 4.78 is 102. The molecule has 1 rings (SSSR count). The van der Waals surface area contributed by atoms with Crippen LogP contribution in [-0.4, -0.2) is 63.8 Å². The molecule has 1 saturated carbocycles.